The fourth-order valence-electron chi connectivity index (χ4n) is 18.7. The quantitative estimate of drug-likeness (QED) is 0.136. The molecule has 16 aromatic carbocycles. The maximum Gasteiger partial charge on any atom is 0.0645 e. The highest BCUT2D eigenvalue weighted by atomic mass is 32.1. The molecule has 5 heterocycles. The Balaban J connectivity index is 1.04. The molecule has 0 amide bonds. The van der Waals surface area contributed by atoms with Gasteiger partial charge < -0.3 is 18.9 Å². The molecule has 0 N–H and O–H groups in total. The average Bonchev–Trinajstić information content (AvgIpc) is 1.28. The summed E-state index contributed by atoms with van der Waals surface area (Å²) in [7, 11) is 0. The van der Waals surface area contributed by atoms with Crippen LogP contribution in [0.1, 0.15) is 139 Å². The van der Waals surface area contributed by atoms with Gasteiger partial charge in [0.25, 0.3) is 0 Å². The summed E-state index contributed by atoms with van der Waals surface area (Å²) < 4.78 is 86.0. The number of hydrogen-bond acceptors (Lipinski definition) is 3. The van der Waals surface area contributed by atoms with Crippen LogP contribution in [0.15, 0.2) is 346 Å². The van der Waals surface area contributed by atoms with Gasteiger partial charge in [0.1, 0.15) is 0 Å². The van der Waals surface area contributed by atoms with Crippen molar-refractivity contribution in [3.63, 3.8) is 0 Å². The zero-order valence-electron chi connectivity index (χ0n) is 76.6. The number of para-hydroxylation sites is 4. The minimum absolute atomic E-state index is 0.0100. The zero-order chi connectivity index (χ0) is 87.4. The van der Waals surface area contributed by atoms with Crippen LogP contribution in [-0.2, 0) is 21.7 Å². The fraction of sp³-hybridized carbons (Fsp3) is 0.150. The number of aromatic nitrogens is 2. The largest absolute Gasteiger partial charge is 0.309 e. The van der Waals surface area contributed by atoms with Crippen LogP contribution in [0.2, 0.25) is 0 Å². The molecule has 3 aromatic heterocycles. The Morgan fingerprint density at radius 1 is 0.280 bits per heavy atom. The van der Waals surface area contributed by atoms with E-state index in [9.17, 15) is 11.0 Å². The van der Waals surface area contributed by atoms with Crippen molar-refractivity contribution in [2.45, 2.75) is 111 Å². The third-order valence-electron chi connectivity index (χ3n) is 24.7. The van der Waals surface area contributed by atoms with E-state index in [4.69, 9.17) is 0 Å². The summed E-state index contributed by atoms with van der Waals surface area (Å²) in [5, 5.41) is 4.20. The maximum absolute atomic E-state index is 10.4. The number of anilines is 6. The van der Waals surface area contributed by atoms with E-state index in [0.717, 1.165) is 165 Å². The van der Waals surface area contributed by atoms with E-state index in [1.807, 2.05) is 0 Å². The normalized spacial score (nSPS) is 14.6. The van der Waals surface area contributed by atoms with E-state index < -0.39 is 54.3 Å². The van der Waals surface area contributed by atoms with E-state index in [-0.39, 0.29) is 43.5 Å². The monoisotopic (exact) mass is 1550 g/mol. The van der Waals surface area contributed by atoms with Crippen molar-refractivity contribution in [2.24, 2.45) is 0 Å². The predicted octanol–water partition coefficient (Wildman–Crippen LogP) is 32.2. The molecule has 0 saturated carbocycles. The smallest absolute Gasteiger partial charge is 0.0645 e. The summed E-state index contributed by atoms with van der Waals surface area (Å²) in [5.41, 5.74) is 27.2. The van der Waals surface area contributed by atoms with Crippen molar-refractivity contribution >= 4 is 109 Å². The molecule has 118 heavy (non-hydrogen) atoms. The lowest BCUT2D eigenvalue weighted by Crippen LogP contribution is -2.30. The molecule has 0 saturated heterocycles. The molecular formula is C113H94N4S. The van der Waals surface area contributed by atoms with Crippen LogP contribution in [0.4, 0.5) is 34.1 Å². The first-order valence-electron chi connectivity index (χ1n) is 45.2. The molecule has 19 aromatic rings. The van der Waals surface area contributed by atoms with E-state index in [2.05, 4.69) is 395 Å². The highest BCUT2D eigenvalue weighted by Gasteiger charge is 2.45. The first-order valence-corrected chi connectivity index (χ1v) is 42.0. The van der Waals surface area contributed by atoms with Gasteiger partial charge in [-0.05, 0) is 178 Å². The standard InChI is InChI=1S/C113H94N4S/c1-110(2,3)78-58-76(59-79(64-78)111(4,5)6)74-55-57-95-91(62-74)104-87-56-54-75(77-60-80(112(7,8)9)65-81(61-77)113(10,11)12)63-96(87)117(108-89(70-36-18-13-19-37-70)68-99-105(102(108)72-40-22-15-23-41-72)86-48-30-34-52-94(86)114(99)82-44-26-17-27-45-82)98-67-83(115-92-50-32-28-46-84(92)85-47-29-33-51-93(85)115)66-97(107(98)104)116(95)109-90(71-38-20-14-21-39-71)69-101-106(88-49-31-35-53-100(88)118-101)103(109)73-42-24-16-25-43-73/h13-69,104H,1-12H3/i28D,29D,32D,33D,46D,47D,50D,51D. The summed E-state index contributed by atoms with van der Waals surface area (Å²) in [6, 6.07) is 105. The Bertz CT molecular complexity index is 7630. The average molecular weight is 1550 g/mol. The summed E-state index contributed by atoms with van der Waals surface area (Å²) in [5.74, 6) is -0.600. The molecule has 0 spiro atoms. The SMILES string of the molecule is [2H]c1c([2H])c([2H])c2c(c1[2H])c1c([2H])c([2H])c([2H])c([2H])c1n2-c1cc2c3c(c1)N(c1c(-c4ccccc4)cc4c(c1-c1ccccc1)c1ccccc1n4-c1ccccc1)c1cc(-c4cc(C(C)(C)C)cc(C(C)(C)C)c4)ccc1C3c1cc(-c3cc(C(C)(C)C)cc(C(C)(C)C)c3)ccc1N2c1c(-c2ccccc2)cc2sc3ccccc3c2c1-c1ccccc1. The van der Waals surface area contributed by atoms with Crippen LogP contribution in [0.25, 0.3) is 142 Å². The number of thiophene rings is 1. The van der Waals surface area contributed by atoms with Crippen LogP contribution in [-0.4, -0.2) is 9.13 Å². The minimum Gasteiger partial charge on any atom is -0.309 e. The van der Waals surface area contributed by atoms with Gasteiger partial charge in [-0.2, -0.15) is 0 Å². The molecule has 0 radical (unpaired) electrons. The van der Waals surface area contributed by atoms with Gasteiger partial charge in [0.05, 0.1) is 72.8 Å². The molecule has 1 atom stereocenters. The highest BCUT2D eigenvalue weighted by molar-refractivity contribution is 7.26. The molecule has 0 bridgehead atoms. The Morgan fingerprint density at radius 3 is 1.25 bits per heavy atom. The Labute approximate surface area is 708 Å². The molecule has 5 heteroatoms. The van der Waals surface area contributed by atoms with Crippen molar-refractivity contribution in [3.05, 3.63) is 385 Å². The minimum atomic E-state index is -0.600. The first kappa shape index (κ1) is 64.1. The highest BCUT2D eigenvalue weighted by Crippen LogP contribution is 2.67. The van der Waals surface area contributed by atoms with Crippen LogP contribution >= 0.6 is 11.3 Å². The van der Waals surface area contributed by atoms with Crippen molar-refractivity contribution in [3.8, 4) is 78.1 Å². The molecular weight excluding hydrogens is 1450 g/mol. The lowest BCUT2D eigenvalue weighted by atomic mass is 9.73. The van der Waals surface area contributed by atoms with Crippen LogP contribution in [0.3, 0.4) is 0 Å². The van der Waals surface area contributed by atoms with Gasteiger partial charge in [-0.1, -0.05) is 350 Å². The Morgan fingerprint density at radius 2 is 0.712 bits per heavy atom. The molecule has 0 fully saturated rings. The second kappa shape index (κ2) is 27.3. The molecule has 21 rings (SSSR count). The van der Waals surface area contributed by atoms with Crippen LogP contribution in [0, 0.1) is 0 Å². The van der Waals surface area contributed by atoms with Gasteiger partial charge >= 0.3 is 0 Å². The number of hydrogen-bond donors (Lipinski definition) is 0. The third-order valence-corrected chi connectivity index (χ3v) is 25.8. The van der Waals surface area contributed by atoms with E-state index in [1.54, 1.807) is 15.9 Å². The zero-order valence-corrected chi connectivity index (χ0v) is 69.4. The van der Waals surface area contributed by atoms with Crippen molar-refractivity contribution < 1.29 is 11.0 Å². The van der Waals surface area contributed by atoms with Gasteiger partial charge in [-0.15, -0.1) is 11.3 Å². The number of fused-ring (bicyclic) bond motifs is 13. The number of nitrogens with zero attached hydrogens (tertiary/aromatic N) is 4. The second-order valence-corrected chi connectivity index (χ2v) is 37.3. The van der Waals surface area contributed by atoms with Crippen molar-refractivity contribution in [2.75, 3.05) is 9.80 Å². The van der Waals surface area contributed by atoms with Gasteiger partial charge in [-0.25, -0.2) is 0 Å². The molecule has 572 valence electrons. The van der Waals surface area contributed by atoms with E-state index in [1.165, 1.54) is 22.3 Å². The third kappa shape index (κ3) is 11.8. The Kier molecular flexibility index (Phi) is 14.8. The number of benzene rings is 16. The van der Waals surface area contributed by atoms with Gasteiger partial charge in [0.15, 0.2) is 0 Å². The summed E-state index contributed by atoms with van der Waals surface area (Å²) in [4.78, 5) is 5.05. The van der Waals surface area contributed by atoms with E-state index >= 15 is 0 Å². The van der Waals surface area contributed by atoms with Gasteiger partial charge in [0.2, 0.25) is 0 Å². The molecule has 2 aliphatic rings. The first-order chi connectivity index (χ1) is 60.4. The number of rotatable bonds is 10. The fourth-order valence-corrected chi connectivity index (χ4v) is 19.9. The lowest BCUT2D eigenvalue weighted by Gasteiger charge is -2.47. The maximum atomic E-state index is 10.4. The Hall–Kier alpha value is -13.1. The molecule has 1 unspecified atom stereocenters. The summed E-state index contributed by atoms with van der Waals surface area (Å²) in [6.07, 6.45) is 0. The van der Waals surface area contributed by atoms with Crippen LogP contribution in [0.5, 0.6) is 0 Å². The predicted molar refractivity (Wildman–Crippen MR) is 506 cm³/mol. The van der Waals surface area contributed by atoms with Crippen molar-refractivity contribution in [1.29, 1.82) is 0 Å². The van der Waals surface area contributed by atoms with E-state index in [0.29, 0.717) is 5.69 Å². The summed E-state index contributed by atoms with van der Waals surface area (Å²) in [6.45, 7) is 27.6. The van der Waals surface area contributed by atoms with Gasteiger partial charge in [0, 0.05) is 81.1 Å². The molecule has 0 aliphatic carbocycles. The summed E-state index contributed by atoms with van der Waals surface area (Å²) >= 11 is 1.78. The van der Waals surface area contributed by atoms with Crippen LogP contribution < -0.4 is 9.80 Å². The van der Waals surface area contributed by atoms with Crippen molar-refractivity contribution in [1.82, 2.24) is 9.13 Å². The molecule has 2 aliphatic heterocycles. The lowest BCUT2D eigenvalue weighted by molar-refractivity contribution is 0.568. The molecule has 4 nitrogen and oxygen atoms in total. The topological polar surface area (TPSA) is 16.3 Å². The second-order valence-electron chi connectivity index (χ2n) is 36.2. The van der Waals surface area contributed by atoms with Gasteiger partial charge in [-0.3, -0.25) is 0 Å².